The summed E-state index contributed by atoms with van der Waals surface area (Å²) >= 11 is 5.76. The van der Waals surface area contributed by atoms with Gasteiger partial charge in [0.05, 0.1) is 11.3 Å². The molecule has 1 aromatic carbocycles. The van der Waals surface area contributed by atoms with Gasteiger partial charge in [0.25, 0.3) is 5.91 Å². The molecular weight excluding hydrogens is 296 g/mol. The lowest BCUT2D eigenvalue weighted by atomic mass is 10.1. The van der Waals surface area contributed by atoms with Crippen LogP contribution in [0.5, 0.6) is 0 Å². The lowest BCUT2D eigenvalue weighted by molar-refractivity contribution is 0.0698. The van der Waals surface area contributed by atoms with E-state index in [9.17, 15) is 9.59 Å². The standard InChI is InChI=1S/C14H11ClN2O4/c15-8-3-4-10(9(5-8)14(19)20)16-13(18)11-6-12(21-17-11)7-1-2-7/h3-7H,1-2H2,(H,16,18)(H,19,20). The van der Waals surface area contributed by atoms with Gasteiger partial charge in [0.1, 0.15) is 5.76 Å². The van der Waals surface area contributed by atoms with Gasteiger partial charge in [0.2, 0.25) is 0 Å². The fraction of sp³-hybridized carbons (Fsp3) is 0.214. The molecule has 1 aliphatic rings. The van der Waals surface area contributed by atoms with E-state index < -0.39 is 11.9 Å². The van der Waals surface area contributed by atoms with Crippen molar-refractivity contribution in [3.05, 3.63) is 46.3 Å². The largest absolute Gasteiger partial charge is 0.478 e. The molecule has 7 heteroatoms. The van der Waals surface area contributed by atoms with E-state index in [0.29, 0.717) is 11.7 Å². The van der Waals surface area contributed by atoms with Gasteiger partial charge in [-0.1, -0.05) is 16.8 Å². The molecule has 21 heavy (non-hydrogen) atoms. The quantitative estimate of drug-likeness (QED) is 0.905. The second-order valence-electron chi connectivity index (χ2n) is 4.84. The average Bonchev–Trinajstić information content (AvgIpc) is 3.18. The normalized spacial score (nSPS) is 14.0. The van der Waals surface area contributed by atoms with Gasteiger partial charge >= 0.3 is 5.97 Å². The Balaban J connectivity index is 1.81. The van der Waals surface area contributed by atoms with Gasteiger partial charge in [0.15, 0.2) is 5.69 Å². The third kappa shape index (κ3) is 2.90. The molecule has 1 aromatic heterocycles. The van der Waals surface area contributed by atoms with Crippen LogP contribution in [0.25, 0.3) is 0 Å². The average molecular weight is 307 g/mol. The van der Waals surface area contributed by atoms with Gasteiger partial charge in [-0.15, -0.1) is 0 Å². The molecule has 1 fully saturated rings. The smallest absolute Gasteiger partial charge is 0.337 e. The maximum atomic E-state index is 12.1. The number of carboxylic acid groups (broad SMARTS) is 1. The summed E-state index contributed by atoms with van der Waals surface area (Å²) in [6.45, 7) is 0. The van der Waals surface area contributed by atoms with E-state index in [2.05, 4.69) is 10.5 Å². The molecule has 3 rings (SSSR count). The number of hydrogen-bond donors (Lipinski definition) is 2. The topological polar surface area (TPSA) is 92.4 Å². The Kier molecular flexibility index (Phi) is 3.39. The summed E-state index contributed by atoms with van der Waals surface area (Å²) in [6, 6.07) is 5.80. The number of carbonyl (C=O) groups excluding carboxylic acids is 1. The first-order valence-electron chi connectivity index (χ1n) is 6.35. The summed E-state index contributed by atoms with van der Waals surface area (Å²) in [5, 5.41) is 15.6. The van der Waals surface area contributed by atoms with Crippen LogP contribution in [0.1, 0.15) is 45.4 Å². The molecule has 108 valence electrons. The van der Waals surface area contributed by atoms with Gasteiger partial charge in [-0.2, -0.15) is 0 Å². The summed E-state index contributed by atoms with van der Waals surface area (Å²) in [7, 11) is 0. The van der Waals surface area contributed by atoms with E-state index in [-0.39, 0.29) is 22.0 Å². The van der Waals surface area contributed by atoms with Crippen LogP contribution in [0.15, 0.2) is 28.8 Å². The van der Waals surface area contributed by atoms with Crippen LogP contribution in [0.4, 0.5) is 5.69 Å². The highest BCUT2D eigenvalue weighted by atomic mass is 35.5. The summed E-state index contributed by atoms with van der Waals surface area (Å²) in [5.41, 5.74) is 0.206. The molecule has 6 nitrogen and oxygen atoms in total. The van der Waals surface area contributed by atoms with Gasteiger partial charge in [-0.05, 0) is 31.0 Å². The SMILES string of the molecule is O=C(Nc1ccc(Cl)cc1C(=O)O)c1cc(C2CC2)on1. The highest BCUT2D eigenvalue weighted by Crippen LogP contribution is 2.40. The van der Waals surface area contributed by atoms with Crippen molar-refractivity contribution in [3.63, 3.8) is 0 Å². The van der Waals surface area contributed by atoms with Crippen molar-refractivity contribution in [1.29, 1.82) is 0 Å². The van der Waals surface area contributed by atoms with Crippen molar-refractivity contribution in [3.8, 4) is 0 Å². The van der Waals surface area contributed by atoms with Crippen molar-refractivity contribution < 1.29 is 19.2 Å². The number of benzene rings is 1. The van der Waals surface area contributed by atoms with Crippen LogP contribution in [-0.2, 0) is 0 Å². The molecule has 1 amide bonds. The Labute approximate surface area is 124 Å². The fourth-order valence-corrected chi connectivity index (χ4v) is 2.12. The molecule has 1 aliphatic carbocycles. The van der Waals surface area contributed by atoms with Crippen molar-refractivity contribution in [2.24, 2.45) is 0 Å². The molecule has 1 saturated carbocycles. The number of nitrogens with zero attached hydrogens (tertiary/aromatic N) is 1. The summed E-state index contributed by atoms with van der Waals surface area (Å²) in [4.78, 5) is 23.2. The Morgan fingerprint density at radius 3 is 2.76 bits per heavy atom. The third-order valence-corrected chi connectivity index (χ3v) is 3.44. The number of carbonyl (C=O) groups is 2. The first-order chi connectivity index (χ1) is 10.0. The Bertz CT molecular complexity index is 722. The van der Waals surface area contributed by atoms with Crippen molar-refractivity contribution in [2.75, 3.05) is 5.32 Å². The van der Waals surface area contributed by atoms with Gasteiger partial charge in [0, 0.05) is 17.0 Å². The minimum absolute atomic E-state index is 0.0817. The van der Waals surface area contributed by atoms with Crippen LogP contribution >= 0.6 is 11.6 Å². The molecule has 2 aromatic rings. The number of rotatable bonds is 4. The lowest BCUT2D eigenvalue weighted by Gasteiger charge is -2.07. The van der Waals surface area contributed by atoms with E-state index in [4.69, 9.17) is 21.2 Å². The molecule has 2 N–H and O–H groups in total. The fourth-order valence-electron chi connectivity index (χ4n) is 1.95. The number of anilines is 1. The number of hydrogen-bond acceptors (Lipinski definition) is 4. The van der Waals surface area contributed by atoms with Crippen LogP contribution in [0.2, 0.25) is 5.02 Å². The Hall–Kier alpha value is -2.34. The van der Waals surface area contributed by atoms with Crippen molar-refractivity contribution in [1.82, 2.24) is 5.16 Å². The minimum Gasteiger partial charge on any atom is -0.478 e. The summed E-state index contributed by atoms with van der Waals surface area (Å²) in [6.07, 6.45) is 2.08. The maximum Gasteiger partial charge on any atom is 0.337 e. The van der Waals surface area contributed by atoms with Gasteiger partial charge in [-0.3, -0.25) is 4.79 Å². The molecular formula is C14H11ClN2O4. The second-order valence-corrected chi connectivity index (χ2v) is 5.27. The monoisotopic (exact) mass is 306 g/mol. The van der Waals surface area contributed by atoms with E-state index in [1.807, 2.05) is 0 Å². The highest BCUT2D eigenvalue weighted by Gasteiger charge is 2.29. The number of nitrogens with one attached hydrogen (secondary N) is 1. The highest BCUT2D eigenvalue weighted by molar-refractivity contribution is 6.31. The zero-order chi connectivity index (χ0) is 15.0. The number of amides is 1. The maximum absolute atomic E-state index is 12.1. The number of aromatic nitrogens is 1. The number of aromatic carboxylic acids is 1. The molecule has 0 saturated heterocycles. The predicted octanol–water partition coefficient (Wildman–Crippen LogP) is 3.16. The van der Waals surface area contributed by atoms with Crippen LogP contribution < -0.4 is 5.32 Å². The van der Waals surface area contributed by atoms with E-state index >= 15 is 0 Å². The Morgan fingerprint density at radius 2 is 2.10 bits per heavy atom. The molecule has 0 spiro atoms. The zero-order valence-corrected chi connectivity index (χ0v) is 11.6. The third-order valence-electron chi connectivity index (χ3n) is 3.20. The molecule has 0 bridgehead atoms. The molecule has 1 heterocycles. The summed E-state index contributed by atoms with van der Waals surface area (Å²) < 4.78 is 5.10. The van der Waals surface area contributed by atoms with E-state index in [1.54, 1.807) is 6.07 Å². The summed E-state index contributed by atoms with van der Waals surface area (Å²) in [5.74, 6) is -0.652. The minimum atomic E-state index is -1.17. The molecule has 0 aliphatic heterocycles. The van der Waals surface area contributed by atoms with Crippen LogP contribution in [0.3, 0.4) is 0 Å². The van der Waals surface area contributed by atoms with Gasteiger partial charge < -0.3 is 14.9 Å². The first-order valence-corrected chi connectivity index (χ1v) is 6.73. The van der Waals surface area contributed by atoms with E-state index in [1.165, 1.54) is 18.2 Å². The molecule has 0 radical (unpaired) electrons. The zero-order valence-electron chi connectivity index (χ0n) is 10.8. The van der Waals surface area contributed by atoms with Crippen LogP contribution in [-0.4, -0.2) is 22.1 Å². The Morgan fingerprint density at radius 1 is 1.33 bits per heavy atom. The van der Waals surface area contributed by atoms with Crippen molar-refractivity contribution >= 4 is 29.2 Å². The van der Waals surface area contributed by atoms with Crippen LogP contribution in [0, 0.1) is 0 Å². The number of carboxylic acids is 1. The van der Waals surface area contributed by atoms with Crippen molar-refractivity contribution in [2.45, 2.75) is 18.8 Å². The molecule has 0 atom stereocenters. The first kappa shape index (κ1) is 13.6. The van der Waals surface area contributed by atoms with Gasteiger partial charge in [-0.25, -0.2) is 4.79 Å². The lowest BCUT2D eigenvalue weighted by Crippen LogP contribution is -2.15. The predicted molar refractivity (Wildman–Crippen MR) is 74.8 cm³/mol. The number of halogens is 1. The molecule has 0 unspecified atom stereocenters. The second kappa shape index (κ2) is 5.21. The van der Waals surface area contributed by atoms with E-state index in [0.717, 1.165) is 12.8 Å².